The third-order valence-corrected chi connectivity index (χ3v) is 4.02. The molecule has 4 nitrogen and oxygen atoms in total. The molecule has 0 saturated carbocycles. The lowest BCUT2D eigenvalue weighted by molar-refractivity contribution is -0.385. The summed E-state index contributed by atoms with van der Waals surface area (Å²) in [4.78, 5) is 10.6. The zero-order valence-corrected chi connectivity index (χ0v) is 13.8. The van der Waals surface area contributed by atoms with Crippen LogP contribution < -0.4 is 4.74 Å². The van der Waals surface area contributed by atoms with Crippen molar-refractivity contribution in [1.29, 1.82) is 0 Å². The normalized spacial score (nSPS) is 10.3. The van der Waals surface area contributed by atoms with Gasteiger partial charge in [-0.05, 0) is 46.1 Å². The Balaban J connectivity index is 2.42. The van der Waals surface area contributed by atoms with Crippen molar-refractivity contribution in [2.24, 2.45) is 0 Å². The number of para-hydroxylation sites is 1. The number of hydrogen-bond acceptors (Lipinski definition) is 3. The van der Waals surface area contributed by atoms with Crippen LogP contribution in [0, 0.1) is 17.0 Å². The molecule has 0 aromatic heterocycles. The fourth-order valence-corrected chi connectivity index (χ4v) is 2.55. The molecule has 0 atom stereocenters. The lowest BCUT2D eigenvalue weighted by atomic mass is 10.1. The van der Waals surface area contributed by atoms with Gasteiger partial charge in [0.1, 0.15) is 5.75 Å². The molecule has 0 aliphatic rings. The van der Waals surface area contributed by atoms with Crippen LogP contribution in [-0.2, 0) is 5.33 Å². The topological polar surface area (TPSA) is 52.4 Å². The van der Waals surface area contributed by atoms with Gasteiger partial charge in [-0.1, -0.05) is 34.1 Å². The molecule has 2 rings (SSSR count). The molecular weight excluding hydrogens is 390 g/mol. The molecular formula is C14H11Br2NO3. The van der Waals surface area contributed by atoms with Crippen LogP contribution in [-0.4, -0.2) is 4.92 Å². The van der Waals surface area contributed by atoms with Crippen LogP contribution in [0.1, 0.15) is 11.1 Å². The van der Waals surface area contributed by atoms with Gasteiger partial charge in [-0.15, -0.1) is 0 Å². The molecule has 2 aromatic carbocycles. The quantitative estimate of drug-likeness (QED) is 0.394. The predicted molar refractivity (Wildman–Crippen MR) is 84.7 cm³/mol. The second-order valence-electron chi connectivity index (χ2n) is 4.18. The second kappa shape index (κ2) is 6.37. The first kappa shape index (κ1) is 15.0. The van der Waals surface area contributed by atoms with Crippen molar-refractivity contribution in [3.63, 3.8) is 0 Å². The van der Waals surface area contributed by atoms with Crippen LogP contribution in [0.2, 0.25) is 0 Å². The van der Waals surface area contributed by atoms with E-state index < -0.39 is 4.92 Å². The number of ether oxygens (including phenoxy) is 1. The summed E-state index contributed by atoms with van der Waals surface area (Å²) >= 11 is 6.68. The average Bonchev–Trinajstić information content (AvgIpc) is 2.42. The Morgan fingerprint density at radius 2 is 2.05 bits per heavy atom. The first-order chi connectivity index (χ1) is 9.52. The van der Waals surface area contributed by atoms with E-state index in [1.54, 1.807) is 12.1 Å². The molecule has 0 unspecified atom stereocenters. The number of aryl methyl sites for hydroxylation is 1. The fourth-order valence-electron chi connectivity index (χ4n) is 1.76. The van der Waals surface area contributed by atoms with E-state index in [-0.39, 0.29) is 11.4 Å². The highest BCUT2D eigenvalue weighted by atomic mass is 79.9. The van der Waals surface area contributed by atoms with E-state index in [1.807, 2.05) is 25.1 Å². The van der Waals surface area contributed by atoms with Crippen LogP contribution in [0.5, 0.6) is 11.5 Å². The first-order valence-corrected chi connectivity index (χ1v) is 7.70. The molecule has 0 N–H and O–H groups in total. The Labute approximate surface area is 133 Å². The van der Waals surface area contributed by atoms with Crippen molar-refractivity contribution in [1.82, 2.24) is 0 Å². The Kier molecular flexibility index (Phi) is 4.77. The largest absolute Gasteiger partial charge is 0.449 e. The van der Waals surface area contributed by atoms with Crippen molar-refractivity contribution in [3.8, 4) is 11.5 Å². The van der Waals surface area contributed by atoms with Gasteiger partial charge in [0, 0.05) is 11.4 Å². The van der Waals surface area contributed by atoms with Crippen LogP contribution in [0.25, 0.3) is 0 Å². The minimum Gasteiger partial charge on any atom is -0.449 e. The van der Waals surface area contributed by atoms with E-state index in [1.165, 1.54) is 6.07 Å². The van der Waals surface area contributed by atoms with Crippen LogP contribution in [0.15, 0.2) is 40.9 Å². The number of nitrogens with zero attached hydrogens (tertiary/aromatic N) is 1. The van der Waals surface area contributed by atoms with Gasteiger partial charge in [-0.2, -0.15) is 0 Å². The van der Waals surface area contributed by atoms with Gasteiger partial charge in [0.15, 0.2) is 0 Å². The van der Waals surface area contributed by atoms with Crippen molar-refractivity contribution in [3.05, 3.63) is 62.1 Å². The molecule has 104 valence electrons. The van der Waals surface area contributed by atoms with Crippen LogP contribution >= 0.6 is 31.9 Å². The average molecular weight is 401 g/mol. The van der Waals surface area contributed by atoms with E-state index in [0.717, 1.165) is 16.5 Å². The third-order valence-electron chi connectivity index (χ3n) is 2.75. The van der Waals surface area contributed by atoms with Crippen molar-refractivity contribution >= 4 is 37.5 Å². The summed E-state index contributed by atoms with van der Waals surface area (Å²) in [6.07, 6.45) is 0. The van der Waals surface area contributed by atoms with Gasteiger partial charge in [0.05, 0.1) is 9.40 Å². The zero-order chi connectivity index (χ0) is 14.7. The van der Waals surface area contributed by atoms with E-state index in [0.29, 0.717) is 10.2 Å². The molecule has 20 heavy (non-hydrogen) atoms. The highest BCUT2D eigenvalue weighted by Crippen LogP contribution is 2.38. The number of halogens is 2. The Morgan fingerprint density at radius 3 is 2.65 bits per heavy atom. The molecule has 0 fully saturated rings. The van der Waals surface area contributed by atoms with Crippen molar-refractivity contribution < 1.29 is 9.66 Å². The lowest BCUT2D eigenvalue weighted by Crippen LogP contribution is -1.95. The maximum absolute atomic E-state index is 11.0. The SMILES string of the molecule is Cc1cc(CBr)ccc1Oc1c(Br)cccc1[N+](=O)[O-]. The molecule has 0 amide bonds. The number of rotatable bonds is 4. The summed E-state index contributed by atoms with van der Waals surface area (Å²) in [6, 6.07) is 10.4. The maximum Gasteiger partial charge on any atom is 0.312 e. The van der Waals surface area contributed by atoms with Gasteiger partial charge in [-0.25, -0.2) is 0 Å². The van der Waals surface area contributed by atoms with Crippen LogP contribution in [0.3, 0.4) is 0 Å². The first-order valence-electron chi connectivity index (χ1n) is 5.79. The zero-order valence-electron chi connectivity index (χ0n) is 10.6. The highest BCUT2D eigenvalue weighted by molar-refractivity contribution is 9.10. The Bertz CT molecular complexity index is 659. The molecule has 0 aliphatic heterocycles. The van der Waals surface area contributed by atoms with Crippen molar-refractivity contribution in [2.75, 3.05) is 0 Å². The molecule has 6 heteroatoms. The molecule has 0 spiro atoms. The van der Waals surface area contributed by atoms with E-state index in [2.05, 4.69) is 31.9 Å². The molecule has 0 saturated heterocycles. The van der Waals surface area contributed by atoms with Gasteiger partial charge < -0.3 is 4.74 Å². The Morgan fingerprint density at radius 1 is 1.30 bits per heavy atom. The standard InChI is InChI=1S/C14H11Br2NO3/c1-9-7-10(8-15)5-6-13(9)20-14-11(16)3-2-4-12(14)17(18)19/h2-7H,8H2,1H3. The number of nitro benzene ring substituents is 1. The summed E-state index contributed by atoms with van der Waals surface area (Å²) in [6.45, 7) is 1.91. The van der Waals surface area contributed by atoms with Gasteiger partial charge in [-0.3, -0.25) is 10.1 Å². The van der Waals surface area contributed by atoms with Gasteiger partial charge in [0.2, 0.25) is 5.75 Å². The van der Waals surface area contributed by atoms with E-state index in [9.17, 15) is 10.1 Å². The van der Waals surface area contributed by atoms with Crippen molar-refractivity contribution in [2.45, 2.75) is 12.3 Å². The molecule has 2 aromatic rings. The number of benzene rings is 2. The van der Waals surface area contributed by atoms with E-state index in [4.69, 9.17) is 4.74 Å². The molecule has 0 aliphatic carbocycles. The molecule has 0 radical (unpaired) electrons. The smallest absolute Gasteiger partial charge is 0.312 e. The number of hydrogen-bond donors (Lipinski definition) is 0. The van der Waals surface area contributed by atoms with Gasteiger partial charge in [0.25, 0.3) is 0 Å². The second-order valence-corrected chi connectivity index (χ2v) is 5.60. The Hall–Kier alpha value is -1.40. The summed E-state index contributed by atoms with van der Waals surface area (Å²) in [7, 11) is 0. The summed E-state index contributed by atoms with van der Waals surface area (Å²) in [5.74, 6) is 0.817. The lowest BCUT2D eigenvalue weighted by Gasteiger charge is -2.11. The predicted octanol–water partition coefficient (Wildman–Crippen LogP) is 5.35. The third kappa shape index (κ3) is 3.19. The summed E-state index contributed by atoms with van der Waals surface area (Å²) < 4.78 is 6.28. The molecule has 0 bridgehead atoms. The van der Waals surface area contributed by atoms with Crippen LogP contribution in [0.4, 0.5) is 5.69 Å². The number of nitro groups is 1. The summed E-state index contributed by atoms with van der Waals surface area (Å²) in [5, 5.41) is 11.8. The fraction of sp³-hybridized carbons (Fsp3) is 0.143. The molecule has 0 heterocycles. The minimum atomic E-state index is -0.456. The summed E-state index contributed by atoms with van der Waals surface area (Å²) in [5.41, 5.74) is 1.98. The monoisotopic (exact) mass is 399 g/mol. The van der Waals surface area contributed by atoms with E-state index >= 15 is 0 Å². The highest BCUT2D eigenvalue weighted by Gasteiger charge is 2.19. The number of alkyl halides is 1. The minimum absolute atomic E-state index is 0.0663. The van der Waals surface area contributed by atoms with Gasteiger partial charge >= 0.3 is 5.69 Å². The maximum atomic E-state index is 11.0.